The molecule has 0 aliphatic carbocycles. The Bertz CT molecular complexity index is 278. The number of hydrogen-bond donors (Lipinski definition) is 1. The van der Waals surface area contributed by atoms with Gasteiger partial charge in [-0.15, -0.1) is 11.3 Å². The Morgan fingerprint density at radius 1 is 1.75 bits per heavy atom. The maximum absolute atomic E-state index is 5.54. The molecule has 1 heterocycles. The average Bonchev–Trinajstić information content (AvgIpc) is 2.36. The topological polar surface area (TPSA) is 26.0 Å². The van der Waals surface area contributed by atoms with Crippen LogP contribution >= 0.6 is 23.6 Å². The Hall–Kier alpha value is -0.410. The number of nitrogens with two attached hydrogens (primary N) is 1. The Labute approximate surface area is 82.6 Å². The lowest BCUT2D eigenvalue weighted by molar-refractivity contribution is 0.779. The maximum atomic E-state index is 5.54. The summed E-state index contributed by atoms with van der Waals surface area (Å²) in [6.07, 6.45) is 0.985. The van der Waals surface area contributed by atoms with E-state index in [0.29, 0.717) is 10.9 Å². The summed E-state index contributed by atoms with van der Waals surface area (Å²) < 4.78 is 0. The molecule has 0 saturated heterocycles. The molecule has 0 spiro atoms. The zero-order valence-corrected chi connectivity index (χ0v) is 8.97. The summed E-state index contributed by atoms with van der Waals surface area (Å²) >= 11 is 6.70. The van der Waals surface area contributed by atoms with Gasteiger partial charge in [0.25, 0.3) is 0 Å². The normalized spacial score (nSPS) is 12.8. The van der Waals surface area contributed by atoms with Gasteiger partial charge in [-0.2, -0.15) is 0 Å². The van der Waals surface area contributed by atoms with E-state index >= 15 is 0 Å². The van der Waals surface area contributed by atoms with Gasteiger partial charge in [-0.25, -0.2) is 0 Å². The van der Waals surface area contributed by atoms with Gasteiger partial charge in [-0.1, -0.05) is 19.1 Å². The highest BCUT2D eigenvalue weighted by atomic mass is 32.1. The van der Waals surface area contributed by atoms with Crippen LogP contribution in [-0.4, -0.2) is 4.99 Å². The highest BCUT2D eigenvalue weighted by Crippen LogP contribution is 2.19. The highest BCUT2D eigenvalue weighted by Gasteiger charge is 2.08. The van der Waals surface area contributed by atoms with Crippen LogP contribution in [0.15, 0.2) is 11.4 Å². The largest absolute Gasteiger partial charge is 0.393 e. The van der Waals surface area contributed by atoms with Crippen molar-refractivity contribution in [3.8, 4) is 0 Å². The number of rotatable bonds is 3. The van der Waals surface area contributed by atoms with Gasteiger partial charge in [-0.05, 0) is 30.4 Å². The highest BCUT2D eigenvalue weighted by molar-refractivity contribution is 7.80. The van der Waals surface area contributed by atoms with Crippen molar-refractivity contribution in [1.82, 2.24) is 0 Å². The van der Waals surface area contributed by atoms with Gasteiger partial charge >= 0.3 is 0 Å². The van der Waals surface area contributed by atoms with E-state index in [1.165, 1.54) is 10.4 Å². The predicted octanol–water partition coefficient (Wildman–Crippen LogP) is 2.52. The van der Waals surface area contributed by atoms with Crippen molar-refractivity contribution in [2.24, 2.45) is 11.7 Å². The molecule has 1 nitrogen and oxygen atoms in total. The molecule has 1 rings (SSSR count). The second kappa shape index (κ2) is 4.01. The van der Waals surface area contributed by atoms with Crippen molar-refractivity contribution in [2.75, 3.05) is 0 Å². The van der Waals surface area contributed by atoms with Crippen molar-refractivity contribution in [3.05, 3.63) is 21.9 Å². The van der Waals surface area contributed by atoms with Crippen LogP contribution in [0.4, 0.5) is 0 Å². The molecule has 12 heavy (non-hydrogen) atoms. The van der Waals surface area contributed by atoms with Gasteiger partial charge < -0.3 is 5.73 Å². The molecule has 0 radical (unpaired) electrons. The fourth-order valence-electron chi connectivity index (χ4n) is 0.992. The van der Waals surface area contributed by atoms with Crippen LogP contribution in [-0.2, 0) is 6.42 Å². The Kier molecular flexibility index (Phi) is 3.23. The van der Waals surface area contributed by atoms with E-state index in [2.05, 4.69) is 25.3 Å². The maximum Gasteiger partial charge on any atom is 0.0759 e. The van der Waals surface area contributed by atoms with Crippen LogP contribution in [0.25, 0.3) is 0 Å². The number of thiocarbonyl (C=S) groups is 1. The van der Waals surface area contributed by atoms with Crippen molar-refractivity contribution in [2.45, 2.75) is 20.3 Å². The van der Waals surface area contributed by atoms with Crippen molar-refractivity contribution in [1.29, 1.82) is 0 Å². The summed E-state index contributed by atoms with van der Waals surface area (Å²) in [4.78, 5) is 2.01. The van der Waals surface area contributed by atoms with E-state index in [4.69, 9.17) is 18.0 Å². The number of aryl methyl sites for hydroxylation is 1. The summed E-state index contributed by atoms with van der Waals surface area (Å²) in [7, 11) is 0. The molecule has 0 bridgehead atoms. The zero-order valence-electron chi connectivity index (χ0n) is 7.33. The molecule has 0 saturated carbocycles. The molecule has 3 heteroatoms. The van der Waals surface area contributed by atoms with E-state index in [1.807, 2.05) is 0 Å². The number of thiophene rings is 1. The summed E-state index contributed by atoms with van der Waals surface area (Å²) in [5.41, 5.74) is 6.89. The van der Waals surface area contributed by atoms with Gasteiger partial charge in [0.2, 0.25) is 0 Å². The van der Waals surface area contributed by atoms with Crippen LogP contribution in [0.2, 0.25) is 0 Å². The molecular formula is C9H13NS2. The minimum atomic E-state index is 0.317. The molecule has 2 N–H and O–H groups in total. The lowest BCUT2D eigenvalue weighted by Crippen LogP contribution is -2.19. The molecule has 1 aromatic heterocycles. The fraction of sp³-hybridized carbons (Fsp3) is 0.444. The minimum absolute atomic E-state index is 0.317. The molecule has 1 atom stereocenters. The SMILES string of the molecule is Cc1ccsc1CC(C)C(N)=S. The first-order chi connectivity index (χ1) is 5.61. The Morgan fingerprint density at radius 2 is 2.42 bits per heavy atom. The molecule has 0 aromatic carbocycles. The molecule has 0 aliphatic heterocycles. The molecule has 0 aliphatic rings. The third-order valence-electron chi connectivity index (χ3n) is 1.95. The van der Waals surface area contributed by atoms with Crippen LogP contribution in [0.5, 0.6) is 0 Å². The fourth-order valence-corrected chi connectivity index (χ4v) is 2.11. The van der Waals surface area contributed by atoms with Crippen LogP contribution in [0.3, 0.4) is 0 Å². The van der Waals surface area contributed by atoms with Gasteiger partial charge in [0.05, 0.1) is 4.99 Å². The first-order valence-corrected chi connectivity index (χ1v) is 5.22. The van der Waals surface area contributed by atoms with Gasteiger partial charge in [-0.3, -0.25) is 0 Å². The van der Waals surface area contributed by atoms with Gasteiger partial charge in [0, 0.05) is 10.8 Å². The van der Waals surface area contributed by atoms with Crippen LogP contribution in [0, 0.1) is 12.8 Å². The van der Waals surface area contributed by atoms with Gasteiger partial charge in [0.15, 0.2) is 0 Å². The zero-order chi connectivity index (χ0) is 9.14. The third-order valence-corrected chi connectivity index (χ3v) is 3.39. The minimum Gasteiger partial charge on any atom is -0.393 e. The predicted molar refractivity (Wildman–Crippen MR) is 58.7 cm³/mol. The van der Waals surface area contributed by atoms with Crippen molar-refractivity contribution < 1.29 is 0 Å². The third kappa shape index (κ3) is 2.29. The monoisotopic (exact) mass is 199 g/mol. The Morgan fingerprint density at radius 3 is 2.83 bits per heavy atom. The van der Waals surface area contributed by atoms with Crippen molar-refractivity contribution >= 4 is 28.5 Å². The summed E-state index contributed by atoms with van der Waals surface area (Å²) in [5, 5.41) is 2.11. The Balaban J connectivity index is 2.64. The smallest absolute Gasteiger partial charge is 0.0759 e. The molecule has 66 valence electrons. The first-order valence-electron chi connectivity index (χ1n) is 3.93. The lowest BCUT2D eigenvalue weighted by Gasteiger charge is -2.07. The number of hydrogen-bond acceptors (Lipinski definition) is 2. The molecule has 1 unspecified atom stereocenters. The lowest BCUT2D eigenvalue weighted by atomic mass is 10.1. The van der Waals surface area contributed by atoms with E-state index < -0.39 is 0 Å². The van der Waals surface area contributed by atoms with E-state index in [9.17, 15) is 0 Å². The quantitative estimate of drug-likeness (QED) is 0.757. The van der Waals surface area contributed by atoms with Crippen LogP contribution < -0.4 is 5.73 Å². The summed E-state index contributed by atoms with van der Waals surface area (Å²) in [6.45, 7) is 4.19. The molecular weight excluding hydrogens is 186 g/mol. The second-order valence-electron chi connectivity index (χ2n) is 3.03. The first kappa shape index (κ1) is 9.68. The second-order valence-corrected chi connectivity index (χ2v) is 4.51. The van der Waals surface area contributed by atoms with Gasteiger partial charge in [0.1, 0.15) is 0 Å². The van der Waals surface area contributed by atoms with Crippen LogP contribution in [0.1, 0.15) is 17.4 Å². The molecule has 1 aromatic rings. The average molecular weight is 199 g/mol. The van der Waals surface area contributed by atoms with Crippen molar-refractivity contribution in [3.63, 3.8) is 0 Å². The molecule has 0 fully saturated rings. The van der Waals surface area contributed by atoms with E-state index in [1.54, 1.807) is 11.3 Å². The summed E-state index contributed by atoms with van der Waals surface area (Å²) in [6, 6.07) is 2.13. The standard InChI is InChI=1S/C9H13NS2/c1-6-3-4-12-8(6)5-7(2)9(10)11/h3-4,7H,5H2,1-2H3,(H2,10,11). The molecule has 0 amide bonds. The van der Waals surface area contributed by atoms with E-state index in [-0.39, 0.29) is 0 Å². The van der Waals surface area contributed by atoms with E-state index in [0.717, 1.165) is 6.42 Å². The summed E-state index contributed by atoms with van der Waals surface area (Å²) in [5.74, 6) is 0.317.